The predicted molar refractivity (Wildman–Crippen MR) is 83.8 cm³/mol. The number of para-hydroxylation sites is 1. The zero-order valence-corrected chi connectivity index (χ0v) is 13.3. The van der Waals surface area contributed by atoms with Crippen molar-refractivity contribution in [3.8, 4) is 0 Å². The van der Waals surface area contributed by atoms with Crippen LogP contribution in [0.3, 0.4) is 0 Å². The average Bonchev–Trinajstić information content (AvgIpc) is 2.70. The molecule has 1 N–H and O–H groups in total. The first-order valence-corrected chi connectivity index (χ1v) is 7.71. The van der Waals surface area contributed by atoms with E-state index < -0.39 is 11.0 Å². The number of benzene rings is 1. The molecule has 0 unspecified atom stereocenters. The number of nitrogens with one attached hydrogen (secondary N) is 1. The molecule has 0 aromatic heterocycles. The van der Waals surface area contributed by atoms with E-state index in [0.717, 1.165) is 24.1 Å². The third-order valence-electron chi connectivity index (χ3n) is 4.27. The third-order valence-corrected chi connectivity index (χ3v) is 4.27. The summed E-state index contributed by atoms with van der Waals surface area (Å²) in [6.45, 7) is 6.56. The Morgan fingerprint density at radius 3 is 2.77 bits per heavy atom. The van der Waals surface area contributed by atoms with Crippen LogP contribution in [0.15, 0.2) is 24.3 Å². The maximum absolute atomic E-state index is 12.6. The number of anilines is 1. The first kappa shape index (κ1) is 14.9. The Morgan fingerprint density at radius 2 is 2.05 bits per heavy atom. The van der Waals surface area contributed by atoms with Crippen molar-refractivity contribution in [1.82, 2.24) is 4.90 Å². The summed E-state index contributed by atoms with van der Waals surface area (Å²) in [6.07, 6.45) is 1.21. The van der Waals surface area contributed by atoms with E-state index in [1.54, 1.807) is 4.90 Å². The summed E-state index contributed by atoms with van der Waals surface area (Å²) in [6, 6.07) is 7.74. The molecule has 1 saturated heterocycles. The molecule has 118 valence electrons. The summed E-state index contributed by atoms with van der Waals surface area (Å²) in [4.78, 5) is 26.6. The molecule has 1 spiro atoms. The second kappa shape index (κ2) is 5.00. The van der Waals surface area contributed by atoms with Gasteiger partial charge in [0.2, 0.25) is 5.91 Å². The van der Waals surface area contributed by atoms with Gasteiger partial charge in [-0.25, -0.2) is 4.79 Å². The molecule has 0 radical (unpaired) electrons. The fraction of sp³-hybridized carbons (Fsp3) is 0.529. The molecular formula is C17H22N2O3. The molecule has 5 nitrogen and oxygen atoms in total. The quantitative estimate of drug-likeness (QED) is 0.801. The lowest BCUT2D eigenvalue weighted by Gasteiger charge is -2.39. The van der Waals surface area contributed by atoms with Crippen LogP contribution < -0.4 is 5.32 Å². The van der Waals surface area contributed by atoms with Gasteiger partial charge < -0.3 is 15.0 Å². The van der Waals surface area contributed by atoms with Gasteiger partial charge in [-0.1, -0.05) is 18.2 Å². The normalized spacial score (nSPS) is 24.1. The summed E-state index contributed by atoms with van der Waals surface area (Å²) in [5.74, 6) is -0.0121. The number of likely N-dealkylation sites (tertiary alicyclic amines) is 1. The summed E-state index contributed by atoms with van der Waals surface area (Å²) in [5.41, 5.74) is 0.690. The minimum absolute atomic E-state index is 0.0121. The van der Waals surface area contributed by atoms with Crippen LogP contribution in [0.25, 0.3) is 0 Å². The summed E-state index contributed by atoms with van der Waals surface area (Å²) >= 11 is 0. The van der Waals surface area contributed by atoms with E-state index in [1.165, 1.54) is 0 Å². The first-order valence-electron chi connectivity index (χ1n) is 7.71. The van der Waals surface area contributed by atoms with Gasteiger partial charge in [0.15, 0.2) is 0 Å². The number of carbonyl (C=O) groups excluding carboxylic acids is 2. The number of ether oxygens (including phenoxy) is 1. The van der Waals surface area contributed by atoms with Gasteiger partial charge in [-0.2, -0.15) is 0 Å². The molecule has 2 aliphatic heterocycles. The number of piperidine rings is 1. The molecule has 0 saturated carbocycles. The van der Waals surface area contributed by atoms with Crippen molar-refractivity contribution in [2.24, 2.45) is 0 Å². The molecule has 0 bridgehead atoms. The lowest BCUT2D eigenvalue weighted by atomic mass is 9.75. The third kappa shape index (κ3) is 2.45. The fourth-order valence-electron chi connectivity index (χ4n) is 3.32. The molecule has 1 fully saturated rings. The Bertz CT molecular complexity index is 621. The maximum atomic E-state index is 12.6. The predicted octanol–water partition coefficient (Wildman–Crippen LogP) is 2.91. The highest BCUT2D eigenvalue weighted by Gasteiger charge is 2.50. The van der Waals surface area contributed by atoms with E-state index in [1.807, 2.05) is 45.0 Å². The Labute approximate surface area is 130 Å². The molecule has 5 heteroatoms. The number of rotatable bonds is 0. The zero-order valence-electron chi connectivity index (χ0n) is 13.3. The molecule has 22 heavy (non-hydrogen) atoms. The summed E-state index contributed by atoms with van der Waals surface area (Å²) in [5, 5.41) is 2.95. The van der Waals surface area contributed by atoms with Crippen molar-refractivity contribution < 1.29 is 14.3 Å². The van der Waals surface area contributed by atoms with Crippen molar-refractivity contribution in [2.45, 2.75) is 44.6 Å². The van der Waals surface area contributed by atoms with Crippen molar-refractivity contribution in [3.63, 3.8) is 0 Å². The van der Waals surface area contributed by atoms with Crippen molar-refractivity contribution in [1.29, 1.82) is 0 Å². The number of nitrogens with zero attached hydrogens (tertiary/aromatic N) is 1. The van der Waals surface area contributed by atoms with E-state index in [-0.39, 0.29) is 12.0 Å². The largest absolute Gasteiger partial charge is 0.444 e. The molecule has 2 aliphatic rings. The fourth-order valence-corrected chi connectivity index (χ4v) is 3.32. The second-order valence-corrected chi connectivity index (χ2v) is 7.09. The number of hydrogen-bond acceptors (Lipinski definition) is 3. The standard InChI is InChI=1S/C17H22N2O3/c1-16(2,3)22-15(21)19-10-6-9-17(11-19)12-7-4-5-8-13(12)18-14(17)20/h4-5,7-8H,6,9-11H2,1-3H3,(H,18,20)/t17-/m1/s1. The van der Waals surface area contributed by atoms with Crippen LogP contribution in [0.5, 0.6) is 0 Å². The van der Waals surface area contributed by atoms with Crippen LogP contribution in [0.4, 0.5) is 10.5 Å². The molecule has 3 rings (SSSR count). The first-order chi connectivity index (χ1) is 10.3. The van der Waals surface area contributed by atoms with Crippen LogP contribution >= 0.6 is 0 Å². The maximum Gasteiger partial charge on any atom is 0.410 e. The van der Waals surface area contributed by atoms with E-state index in [0.29, 0.717) is 13.1 Å². The van der Waals surface area contributed by atoms with Gasteiger partial charge in [0.1, 0.15) is 5.60 Å². The van der Waals surface area contributed by atoms with Gasteiger partial charge in [0, 0.05) is 18.8 Å². The van der Waals surface area contributed by atoms with E-state index in [4.69, 9.17) is 4.74 Å². The molecule has 2 heterocycles. The molecule has 1 atom stereocenters. The monoisotopic (exact) mass is 302 g/mol. The molecule has 2 amide bonds. The number of fused-ring (bicyclic) bond motifs is 2. The number of amides is 2. The second-order valence-electron chi connectivity index (χ2n) is 7.09. The van der Waals surface area contributed by atoms with Crippen molar-refractivity contribution in [3.05, 3.63) is 29.8 Å². The van der Waals surface area contributed by atoms with Gasteiger partial charge >= 0.3 is 6.09 Å². The summed E-state index contributed by atoms with van der Waals surface area (Å²) < 4.78 is 5.46. The highest BCUT2D eigenvalue weighted by Crippen LogP contribution is 2.43. The molecule has 0 aliphatic carbocycles. The zero-order chi connectivity index (χ0) is 16.0. The van der Waals surface area contributed by atoms with E-state index in [2.05, 4.69) is 5.32 Å². The van der Waals surface area contributed by atoms with Crippen LogP contribution in [-0.2, 0) is 14.9 Å². The molecule has 1 aromatic rings. The van der Waals surface area contributed by atoms with Crippen LogP contribution in [0, 0.1) is 0 Å². The smallest absolute Gasteiger partial charge is 0.410 e. The Kier molecular flexibility index (Phi) is 3.38. The highest BCUT2D eigenvalue weighted by molar-refractivity contribution is 6.06. The minimum Gasteiger partial charge on any atom is -0.444 e. The van der Waals surface area contributed by atoms with E-state index in [9.17, 15) is 9.59 Å². The highest BCUT2D eigenvalue weighted by atomic mass is 16.6. The Balaban J connectivity index is 1.87. The number of hydrogen-bond donors (Lipinski definition) is 1. The van der Waals surface area contributed by atoms with E-state index >= 15 is 0 Å². The molecule has 1 aromatic carbocycles. The van der Waals surface area contributed by atoms with Crippen LogP contribution in [-0.4, -0.2) is 35.6 Å². The SMILES string of the molecule is CC(C)(C)OC(=O)N1CCC[C@]2(C1)C(=O)Nc1ccccc12. The van der Waals surface area contributed by atoms with Gasteiger partial charge in [-0.15, -0.1) is 0 Å². The lowest BCUT2D eigenvalue weighted by molar-refractivity contribution is -0.122. The number of carbonyl (C=O) groups is 2. The Morgan fingerprint density at radius 1 is 1.32 bits per heavy atom. The van der Waals surface area contributed by atoms with Gasteiger partial charge in [0.05, 0.1) is 5.41 Å². The Hall–Kier alpha value is -2.04. The van der Waals surface area contributed by atoms with Gasteiger partial charge in [-0.05, 0) is 45.2 Å². The minimum atomic E-state index is -0.633. The average molecular weight is 302 g/mol. The van der Waals surface area contributed by atoms with Crippen molar-refractivity contribution in [2.75, 3.05) is 18.4 Å². The lowest BCUT2D eigenvalue weighted by Crippen LogP contribution is -2.52. The van der Waals surface area contributed by atoms with Crippen molar-refractivity contribution >= 4 is 17.7 Å². The molecular weight excluding hydrogens is 280 g/mol. The van der Waals surface area contributed by atoms with Gasteiger partial charge in [0.25, 0.3) is 0 Å². The van der Waals surface area contributed by atoms with Crippen LogP contribution in [0.1, 0.15) is 39.2 Å². The van der Waals surface area contributed by atoms with Gasteiger partial charge in [-0.3, -0.25) is 4.79 Å². The summed E-state index contributed by atoms with van der Waals surface area (Å²) in [7, 11) is 0. The van der Waals surface area contributed by atoms with Crippen LogP contribution in [0.2, 0.25) is 0 Å². The topological polar surface area (TPSA) is 58.6 Å².